The van der Waals surface area contributed by atoms with Crippen LogP contribution in [0.3, 0.4) is 0 Å². The van der Waals surface area contributed by atoms with Crippen LogP contribution < -0.4 is 0 Å². The largest absolute Gasteiger partial charge is 0.332 e. The molecule has 0 fully saturated rings. The van der Waals surface area contributed by atoms with Crippen LogP contribution in [0, 0.1) is 11.6 Å². The van der Waals surface area contributed by atoms with E-state index in [9.17, 15) is 13.6 Å². The maximum atomic E-state index is 13.8. The molecule has 0 aliphatic carbocycles. The van der Waals surface area contributed by atoms with Crippen LogP contribution in [-0.4, -0.2) is 20.8 Å². The second-order valence-corrected chi connectivity index (χ2v) is 5.05. The molecule has 1 atom stereocenters. The van der Waals surface area contributed by atoms with Crippen molar-refractivity contribution in [1.82, 2.24) is 14.9 Å². The maximum Gasteiger partial charge on any atom is 0.230 e. The van der Waals surface area contributed by atoms with E-state index in [0.717, 1.165) is 23.4 Å². The van der Waals surface area contributed by atoms with Gasteiger partial charge >= 0.3 is 0 Å². The van der Waals surface area contributed by atoms with Crippen molar-refractivity contribution in [3.63, 3.8) is 0 Å². The molecule has 0 spiro atoms. The van der Waals surface area contributed by atoms with Crippen LogP contribution in [0.25, 0.3) is 0 Å². The standard InChI is InChI=1S/C15H13F2N3O/c1-9(14-11(16)3-2-4-12(14)17)15(21)20-6-10-5-18-8-19-13(10)7-20/h2-5,8-9H,6-7H2,1H3. The third-order valence-electron chi connectivity index (χ3n) is 3.70. The zero-order chi connectivity index (χ0) is 15.0. The van der Waals surface area contributed by atoms with Crippen molar-refractivity contribution in [3.8, 4) is 0 Å². The van der Waals surface area contributed by atoms with Crippen molar-refractivity contribution in [2.45, 2.75) is 25.9 Å². The molecule has 4 nitrogen and oxygen atoms in total. The molecule has 3 rings (SSSR count). The quantitative estimate of drug-likeness (QED) is 0.853. The normalized spacial score (nSPS) is 14.9. The molecule has 0 N–H and O–H groups in total. The smallest absolute Gasteiger partial charge is 0.230 e. The van der Waals surface area contributed by atoms with Gasteiger partial charge in [-0.15, -0.1) is 0 Å². The minimum atomic E-state index is -0.881. The van der Waals surface area contributed by atoms with Gasteiger partial charge in [0.2, 0.25) is 5.91 Å². The zero-order valence-electron chi connectivity index (χ0n) is 11.4. The number of rotatable bonds is 2. The van der Waals surface area contributed by atoms with Gasteiger partial charge in [0.05, 0.1) is 18.2 Å². The summed E-state index contributed by atoms with van der Waals surface area (Å²) in [7, 11) is 0. The SMILES string of the molecule is CC(C(=O)N1Cc2cncnc2C1)c1c(F)cccc1F. The number of carbonyl (C=O) groups is 1. The van der Waals surface area contributed by atoms with E-state index in [1.165, 1.54) is 24.2 Å². The molecule has 0 saturated heterocycles. The van der Waals surface area contributed by atoms with Crippen LogP contribution >= 0.6 is 0 Å². The fraction of sp³-hybridized carbons (Fsp3) is 0.267. The first kappa shape index (κ1) is 13.6. The Morgan fingerprint density at radius 3 is 2.67 bits per heavy atom. The van der Waals surface area contributed by atoms with E-state index >= 15 is 0 Å². The summed E-state index contributed by atoms with van der Waals surface area (Å²) in [5.41, 5.74) is 1.45. The van der Waals surface area contributed by atoms with E-state index in [0.29, 0.717) is 13.1 Å². The number of amides is 1. The van der Waals surface area contributed by atoms with Crippen LogP contribution in [-0.2, 0) is 17.9 Å². The molecule has 1 unspecified atom stereocenters. The van der Waals surface area contributed by atoms with Crippen LogP contribution in [0.4, 0.5) is 8.78 Å². The average Bonchev–Trinajstić information content (AvgIpc) is 2.90. The highest BCUT2D eigenvalue weighted by Crippen LogP contribution is 2.28. The highest BCUT2D eigenvalue weighted by Gasteiger charge is 2.31. The van der Waals surface area contributed by atoms with Gasteiger partial charge < -0.3 is 4.90 Å². The number of fused-ring (bicyclic) bond motifs is 1. The van der Waals surface area contributed by atoms with Gasteiger partial charge in [-0.05, 0) is 19.1 Å². The highest BCUT2D eigenvalue weighted by molar-refractivity contribution is 5.84. The van der Waals surface area contributed by atoms with Gasteiger partial charge in [-0.25, -0.2) is 18.7 Å². The predicted octanol–water partition coefficient (Wildman–Crippen LogP) is 2.40. The molecule has 2 aromatic rings. The van der Waals surface area contributed by atoms with E-state index in [1.54, 1.807) is 6.20 Å². The van der Waals surface area contributed by atoms with Crippen molar-refractivity contribution < 1.29 is 13.6 Å². The molecule has 21 heavy (non-hydrogen) atoms. The Bertz CT molecular complexity index is 660. The summed E-state index contributed by atoms with van der Waals surface area (Å²) in [5.74, 6) is -2.61. The molecule has 0 radical (unpaired) electrons. The molecule has 1 amide bonds. The van der Waals surface area contributed by atoms with Gasteiger partial charge in [0, 0.05) is 23.9 Å². The Balaban J connectivity index is 1.84. The Hall–Kier alpha value is -2.37. The van der Waals surface area contributed by atoms with Gasteiger partial charge in [0.15, 0.2) is 0 Å². The Labute approximate surface area is 120 Å². The van der Waals surface area contributed by atoms with Crippen molar-refractivity contribution in [2.75, 3.05) is 0 Å². The summed E-state index contributed by atoms with van der Waals surface area (Å²) in [6.45, 7) is 2.23. The summed E-state index contributed by atoms with van der Waals surface area (Å²) in [6, 6.07) is 3.60. The molecule has 1 aliphatic rings. The summed E-state index contributed by atoms with van der Waals surface area (Å²) in [5, 5.41) is 0. The number of carbonyl (C=O) groups excluding carboxylic acids is 1. The maximum absolute atomic E-state index is 13.8. The second kappa shape index (κ2) is 5.20. The molecule has 0 saturated carbocycles. The minimum Gasteiger partial charge on any atom is -0.332 e. The summed E-state index contributed by atoms with van der Waals surface area (Å²) in [4.78, 5) is 22.0. The van der Waals surface area contributed by atoms with Crippen LogP contribution in [0.5, 0.6) is 0 Å². The zero-order valence-corrected chi connectivity index (χ0v) is 11.4. The van der Waals surface area contributed by atoms with Crippen molar-refractivity contribution in [3.05, 3.63) is 59.2 Å². The van der Waals surface area contributed by atoms with Gasteiger partial charge in [-0.2, -0.15) is 0 Å². The highest BCUT2D eigenvalue weighted by atomic mass is 19.1. The summed E-state index contributed by atoms with van der Waals surface area (Å²) < 4.78 is 27.6. The fourth-order valence-electron chi connectivity index (χ4n) is 2.58. The van der Waals surface area contributed by atoms with E-state index in [-0.39, 0.29) is 11.5 Å². The lowest BCUT2D eigenvalue weighted by Gasteiger charge is -2.21. The first-order chi connectivity index (χ1) is 10.1. The Kier molecular flexibility index (Phi) is 3.37. The molecule has 6 heteroatoms. The number of benzene rings is 1. The third-order valence-corrected chi connectivity index (χ3v) is 3.70. The monoisotopic (exact) mass is 289 g/mol. The van der Waals surface area contributed by atoms with Crippen LogP contribution in [0.1, 0.15) is 29.7 Å². The topological polar surface area (TPSA) is 46.1 Å². The molecular formula is C15H13F2N3O. The Morgan fingerprint density at radius 1 is 1.29 bits per heavy atom. The van der Waals surface area contributed by atoms with Crippen LogP contribution in [0.15, 0.2) is 30.7 Å². The molecule has 1 aliphatic heterocycles. The van der Waals surface area contributed by atoms with E-state index < -0.39 is 17.6 Å². The van der Waals surface area contributed by atoms with Gasteiger partial charge in [-0.1, -0.05) is 6.07 Å². The molecule has 1 aromatic carbocycles. The van der Waals surface area contributed by atoms with E-state index in [2.05, 4.69) is 9.97 Å². The minimum absolute atomic E-state index is 0.190. The second-order valence-electron chi connectivity index (χ2n) is 5.05. The van der Waals surface area contributed by atoms with Crippen molar-refractivity contribution >= 4 is 5.91 Å². The molecular weight excluding hydrogens is 276 g/mol. The average molecular weight is 289 g/mol. The summed E-state index contributed by atoms with van der Waals surface area (Å²) in [6.07, 6.45) is 3.08. The lowest BCUT2D eigenvalue weighted by Crippen LogP contribution is -2.30. The number of hydrogen-bond donors (Lipinski definition) is 0. The predicted molar refractivity (Wildman–Crippen MR) is 71.1 cm³/mol. The fourth-order valence-corrected chi connectivity index (χ4v) is 2.58. The van der Waals surface area contributed by atoms with Gasteiger partial charge in [0.25, 0.3) is 0 Å². The number of halogens is 2. The third kappa shape index (κ3) is 2.37. The molecule has 0 bridgehead atoms. The Morgan fingerprint density at radius 2 is 2.00 bits per heavy atom. The van der Waals surface area contributed by atoms with Crippen molar-refractivity contribution in [1.29, 1.82) is 0 Å². The number of nitrogens with zero attached hydrogens (tertiary/aromatic N) is 3. The lowest BCUT2D eigenvalue weighted by atomic mass is 9.98. The number of aromatic nitrogens is 2. The van der Waals surface area contributed by atoms with Crippen LogP contribution in [0.2, 0.25) is 0 Å². The first-order valence-corrected chi connectivity index (χ1v) is 6.58. The van der Waals surface area contributed by atoms with E-state index in [1.807, 2.05) is 0 Å². The van der Waals surface area contributed by atoms with Gasteiger partial charge in [-0.3, -0.25) is 4.79 Å². The summed E-state index contributed by atoms with van der Waals surface area (Å²) >= 11 is 0. The van der Waals surface area contributed by atoms with E-state index in [4.69, 9.17) is 0 Å². The first-order valence-electron chi connectivity index (χ1n) is 6.58. The molecule has 108 valence electrons. The lowest BCUT2D eigenvalue weighted by molar-refractivity contribution is -0.133. The number of hydrogen-bond acceptors (Lipinski definition) is 3. The molecule has 2 heterocycles. The molecule has 1 aromatic heterocycles. The van der Waals surface area contributed by atoms with Gasteiger partial charge in [0.1, 0.15) is 18.0 Å². The van der Waals surface area contributed by atoms with Crippen molar-refractivity contribution in [2.24, 2.45) is 0 Å².